The van der Waals surface area contributed by atoms with Crippen molar-refractivity contribution in [1.29, 1.82) is 0 Å². The first-order valence-electron chi connectivity index (χ1n) is 6.13. The Morgan fingerprint density at radius 3 is 2.65 bits per heavy atom. The van der Waals surface area contributed by atoms with Crippen LogP contribution in [-0.4, -0.2) is 23.8 Å². The number of unbranched alkanes of at least 4 members (excludes halogenated alkanes) is 2. The van der Waals surface area contributed by atoms with Gasteiger partial charge in [0.05, 0.1) is 0 Å². The van der Waals surface area contributed by atoms with Crippen LogP contribution in [0, 0.1) is 12.7 Å². The van der Waals surface area contributed by atoms with E-state index in [4.69, 9.17) is 0 Å². The van der Waals surface area contributed by atoms with Crippen LogP contribution >= 0.6 is 15.9 Å². The Morgan fingerprint density at radius 2 is 2.00 bits per heavy atom. The summed E-state index contributed by atoms with van der Waals surface area (Å²) in [6.07, 6.45) is 3.73. The minimum Gasteiger partial charge on any atom is -0.302 e. The molecule has 1 aromatic carbocycles. The molecule has 0 aliphatic carbocycles. The molecular formula is C14H21BrFN. The van der Waals surface area contributed by atoms with Gasteiger partial charge >= 0.3 is 0 Å². The summed E-state index contributed by atoms with van der Waals surface area (Å²) in [5.41, 5.74) is 2.26. The van der Waals surface area contributed by atoms with Gasteiger partial charge < -0.3 is 4.90 Å². The molecule has 0 aliphatic rings. The van der Waals surface area contributed by atoms with Crippen molar-refractivity contribution in [3.05, 3.63) is 35.1 Å². The minimum absolute atomic E-state index is 0.147. The second-order valence-corrected chi connectivity index (χ2v) is 5.35. The van der Waals surface area contributed by atoms with Gasteiger partial charge in [0, 0.05) is 11.9 Å². The maximum Gasteiger partial charge on any atom is 0.123 e. The Hall–Kier alpha value is -0.410. The van der Waals surface area contributed by atoms with E-state index in [1.165, 1.54) is 24.8 Å². The van der Waals surface area contributed by atoms with Crippen molar-refractivity contribution in [2.24, 2.45) is 0 Å². The minimum atomic E-state index is -0.147. The van der Waals surface area contributed by atoms with Crippen molar-refractivity contribution in [3.63, 3.8) is 0 Å². The molecule has 3 heteroatoms. The van der Waals surface area contributed by atoms with E-state index >= 15 is 0 Å². The van der Waals surface area contributed by atoms with Crippen molar-refractivity contribution >= 4 is 15.9 Å². The molecule has 0 atom stereocenters. The van der Waals surface area contributed by atoms with Crippen LogP contribution in [0.15, 0.2) is 18.2 Å². The van der Waals surface area contributed by atoms with Gasteiger partial charge in [0.1, 0.15) is 5.82 Å². The van der Waals surface area contributed by atoms with Gasteiger partial charge in [-0.05, 0) is 56.6 Å². The summed E-state index contributed by atoms with van der Waals surface area (Å²) >= 11 is 3.44. The lowest BCUT2D eigenvalue weighted by Gasteiger charge is -2.17. The summed E-state index contributed by atoms with van der Waals surface area (Å²) in [5.74, 6) is -0.147. The molecule has 96 valence electrons. The van der Waals surface area contributed by atoms with E-state index in [2.05, 4.69) is 27.9 Å². The zero-order chi connectivity index (χ0) is 12.7. The molecule has 0 heterocycles. The van der Waals surface area contributed by atoms with Crippen molar-refractivity contribution in [2.45, 2.75) is 32.7 Å². The summed E-state index contributed by atoms with van der Waals surface area (Å²) < 4.78 is 13.0. The van der Waals surface area contributed by atoms with Crippen molar-refractivity contribution < 1.29 is 4.39 Å². The first-order chi connectivity index (χ1) is 8.13. The Labute approximate surface area is 112 Å². The number of benzene rings is 1. The first-order valence-corrected chi connectivity index (χ1v) is 7.25. The van der Waals surface area contributed by atoms with E-state index in [1.54, 1.807) is 12.1 Å². The topological polar surface area (TPSA) is 3.24 Å². The number of halogens is 2. The summed E-state index contributed by atoms with van der Waals surface area (Å²) in [6.45, 7) is 3.97. The van der Waals surface area contributed by atoms with Crippen LogP contribution in [0.5, 0.6) is 0 Å². The molecule has 0 N–H and O–H groups in total. The SMILES string of the molecule is Cc1cc(F)ccc1CN(C)CCCCCBr. The Kier molecular flexibility index (Phi) is 6.75. The van der Waals surface area contributed by atoms with Gasteiger partial charge in [-0.1, -0.05) is 28.4 Å². The number of hydrogen-bond acceptors (Lipinski definition) is 1. The highest BCUT2D eigenvalue weighted by Gasteiger charge is 2.04. The maximum atomic E-state index is 13.0. The summed E-state index contributed by atoms with van der Waals surface area (Å²) in [6, 6.07) is 5.04. The van der Waals surface area contributed by atoms with E-state index < -0.39 is 0 Å². The van der Waals surface area contributed by atoms with Crippen LogP contribution in [0.1, 0.15) is 30.4 Å². The van der Waals surface area contributed by atoms with Gasteiger partial charge in [-0.15, -0.1) is 0 Å². The molecule has 0 unspecified atom stereocenters. The van der Waals surface area contributed by atoms with Gasteiger partial charge in [-0.25, -0.2) is 4.39 Å². The predicted molar refractivity (Wildman–Crippen MR) is 75.1 cm³/mol. The molecule has 0 fully saturated rings. The third kappa shape index (κ3) is 5.64. The summed E-state index contributed by atoms with van der Waals surface area (Å²) in [5, 5.41) is 1.09. The second-order valence-electron chi connectivity index (χ2n) is 4.56. The molecule has 0 spiro atoms. The van der Waals surface area contributed by atoms with Crippen LogP contribution in [-0.2, 0) is 6.54 Å². The Balaban J connectivity index is 2.37. The zero-order valence-electron chi connectivity index (χ0n) is 10.7. The van der Waals surface area contributed by atoms with Crippen LogP contribution in [0.25, 0.3) is 0 Å². The van der Waals surface area contributed by atoms with E-state index in [0.717, 1.165) is 24.0 Å². The maximum absolute atomic E-state index is 13.0. The van der Waals surface area contributed by atoms with Gasteiger partial charge in [-0.2, -0.15) is 0 Å². The monoisotopic (exact) mass is 301 g/mol. The fraction of sp³-hybridized carbons (Fsp3) is 0.571. The van der Waals surface area contributed by atoms with Gasteiger partial charge in [-0.3, -0.25) is 0 Å². The van der Waals surface area contributed by atoms with E-state index in [9.17, 15) is 4.39 Å². The Morgan fingerprint density at radius 1 is 1.24 bits per heavy atom. The molecule has 0 saturated heterocycles. The molecule has 0 aliphatic heterocycles. The lowest BCUT2D eigenvalue weighted by molar-refractivity contribution is 0.317. The highest BCUT2D eigenvalue weighted by atomic mass is 79.9. The van der Waals surface area contributed by atoms with Crippen molar-refractivity contribution in [3.8, 4) is 0 Å². The zero-order valence-corrected chi connectivity index (χ0v) is 12.3. The number of rotatable bonds is 7. The molecule has 0 aromatic heterocycles. The highest BCUT2D eigenvalue weighted by molar-refractivity contribution is 9.09. The molecule has 0 saturated carbocycles. The van der Waals surface area contributed by atoms with E-state index in [0.29, 0.717) is 0 Å². The standard InChI is InChI=1S/C14H21BrFN/c1-12-10-14(16)7-6-13(12)11-17(2)9-5-3-4-8-15/h6-7,10H,3-5,8-9,11H2,1-2H3. The van der Waals surface area contributed by atoms with E-state index in [-0.39, 0.29) is 5.82 Å². The van der Waals surface area contributed by atoms with Gasteiger partial charge in [0.15, 0.2) is 0 Å². The van der Waals surface area contributed by atoms with Crippen LogP contribution in [0.3, 0.4) is 0 Å². The number of nitrogens with zero attached hydrogens (tertiary/aromatic N) is 1. The molecule has 0 bridgehead atoms. The van der Waals surface area contributed by atoms with Crippen molar-refractivity contribution in [1.82, 2.24) is 4.90 Å². The van der Waals surface area contributed by atoms with Crippen molar-refractivity contribution in [2.75, 3.05) is 18.9 Å². The second kappa shape index (κ2) is 7.83. The lowest BCUT2D eigenvalue weighted by atomic mass is 10.1. The molecule has 0 amide bonds. The van der Waals surface area contributed by atoms with Gasteiger partial charge in [0.25, 0.3) is 0 Å². The largest absolute Gasteiger partial charge is 0.302 e. The van der Waals surface area contributed by atoms with Crippen LogP contribution in [0.2, 0.25) is 0 Å². The predicted octanol–water partition coefficient (Wildman–Crippen LogP) is 4.13. The molecule has 1 rings (SSSR count). The normalized spacial score (nSPS) is 11.1. The molecular weight excluding hydrogens is 281 g/mol. The number of aryl methyl sites for hydroxylation is 1. The van der Waals surface area contributed by atoms with Crippen LogP contribution in [0.4, 0.5) is 4.39 Å². The fourth-order valence-corrected chi connectivity index (χ4v) is 2.26. The van der Waals surface area contributed by atoms with Crippen LogP contribution < -0.4 is 0 Å². The Bertz CT molecular complexity index is 341. The average molecular weight is 302 g/mol. The smallest absolute Gasteiger partial charge is 0.123 e. The summed E-state index contributed by atoms with van der Waals surface area (Å²) in [7, 11) is 2.12. The average Bonchev–Trinajstić information content (AvgIpc) is 2.28. The summed E-state index contributed by atoms with van der Waals surface area (Å²) in [4.78, 5) is 2.30. The highest BCUT2D eigenvalue weighted by Crippen LogP contribution is 2.12. The number of hydrogen-bond donors (Lipinski definition) is 0. The quantitative estimate of drug-likeness (QED) is 0.541. The molecule has 17 heavy (non-hydrogen) atoms. The lowest BCUT2D eigenvalue weighted by Crippen LogP contribution is -2.19. The molecule has 0 radical (unpaired) electrons. The van der Waals surface area contributed by atoms with E-state index in [1.807, 2.05) is 13.0 Å². The fourth-order valence-electron chi connectivity index (χ4n) is 1.86. The molecule has 1 aromatic rings. The molecule has 1 nitrogen and oxygen atoms in total. The third-order valence-electron chi connectivity index (χ3n) is 2.92. The first kappa shape index (κ1) is 14.7. The number of alkyl halides is 1. The van der Waals surface area contributed by atoms with Gasteiger partial charge in [0.2, 0.25) is 0 Å². The third-order valence-corrected chi connectivity index (χ3v) is 3.48.